The molecule has 4 rings (SSSR count). The van der Waals surface area contributed by atoms with Crippen LogP contribution in [0.25, 0.3) is 17.2 Å². The van der Waals surface area contributed by atoms with Crippen molar-refractivity contribution in [2.45, 2.75) is 19.4 Å². The zero-order chi connectivity index (χ0) is 23.4. The molecule has 0 bridgehead atoms. The summed E-state index contributed by atoms with van der Waals surface area (Å²) in [5, 5.41) is 2.88. The standard InChI is InChI=1S/C24H25N3O6/c1-31-18-9-10-20(32-2)17(16-18)8-11-22(28)26-13-5-14-27(26)23(29)12-15-25-19-6-3-4-7-21(19)33-24(25)30/h3-4,6-11,16H,5,12-15H2,1-2H3/b11-8+. The topological polar surface area (TPSA) is 94.2 Å². The molecular formula is C24H25N3O6. The van der Waals surface area contributed by atoms with Gasteiger partial charge in [0.15, 0.2) is 5.58 Å². The monoisotopic (exact) mass is 451 g/mol. The number of hydrazine groups is 1. The van der Waals surface area contributed by atoms with E-state index in [-0.39, 0.29) is 24.8 Å². The minimum Gasteiger partial charge on any atom is -0.497 e. The lowest BCUT2D eigenvalue weighted by atomic mass is 10.1. The molecule has 2 heterocycles. The van der Waals surface area contributed by atoms with Gasteiger partial charge < -0.3 is 13.9 Å². The van der Waals surface area contributed by atoms with Crippen LogP contribution in [0.1, 0.15) is 18.4 Å². The lowest BCUT2D eigenvalue weighted by Gasteiger charge is -2.27. The van der Waals surface area contributed by atoms with Crippen molar-refractivity contribution >= 4 is 29.0 Å². The molecule has 172 valence electrons. The van der Waals surface area contributed by atoms with E-state index in [2.05, 4.69) is 0 Å². The number of carbonyl (C=O) groups excluding carboxylic acids is 2. The van der Waals surface area contributed by atoms with Gasteiger partial charge in [0.05, 0.1) is 19.7 Å². The minimum atomic E-state index is -0.506. The number of para-hydroxylation sites is 2. The number of benzene rings is 2. The Bertz CT molecular complexity index is 1260. The van der Waals surface area contributed by atoms with Gasteiger partial charge >= 0.3 is 5.76 Å². The summed E-state index contributed by atoms with van der Waals surface area (Å²) in [6, 6.07) is 12.4. The smallest absolute Gasteiger partial charge is 0.419 e. The summed E-state index contributed by atoms with van der Waals surface area (Å²) < 4.78 is 17.2. The third kappa shape index (κ3) is 4.62. The summed E-state index contributed by atoms with van der Waals surface area (Å²) in [5.41, 5.74) is 1.80. The van der Waals surface area contributed by atoms with Crippen LogP contribution in [-0.2, 0) is 16.1 Å². The first kappa shape index (κ1) is 22.2. The summed E-state index contributed by atoms with van der Waals surface area (Å²) in [6.07, 6.45) is 3.81. The van der Waals surface area contributed by atoms with Crippen LogP contribution in [0.4, 0.5) is 0 Å². The van der Waals surface area contributed by atoms with Crippen LogP contribution in [0.5, 0.6) is 11.5 Å². The van der Waals surface area contributed by atoms with E-state index in [0.29, 0.717) is 47.7 Å². The molecule has 2 aromatic carbocycles. The zero-order valence-corrected chi connectivity index (χ0v) is 18.5. The number of hydrogen-bond donors (Lipinski definition) is 0. The molecule has 1 aliphatic rings. The van der Waals surface area contributed by atoms with Gasteiger partial charge in [0, 0.05) is 37.7 Å². The molecule has 3 aromatic rings. The fourth-order valence-electron chi connectivity index (χ4n) is 3.88. The highest BCUT2D eigenvalue weighted by Crippen LogP contribution is 2.25. The predicted octanol–water partition coefficient (Wildman–Crippen LogP) is 2.69. The highest BCUT2D eigenvalue weighted by atomic mass is 16.5. The van der Waals surface area contributed by atoms with Crippen molar-refractivity contribution in [2.24, 2.45) is 0 Å². The third-order valence-electron chi connectivity index (χ3n) is 5.54. The van der Waals surface area contributed by atoms with E-state index in [4.69, 9.17) is 13.9 Å². The van der Waals surface area contributed by atoms with E-state index in [1.54, 1.807) is 62.8 Å². The molecular weight excluding hydrogens is 426 g/mol. The molecule has 0 N–H and O–H groups in total. The molecule has 0 saturated carbocycles. The number of fused-ring (bicyclic) bond motifs is 1. The molecule has 0 aliphatic carbocycles. The average molecular weight is 451 g/mol. The number of aryl methyl sites for hydroxylation is 1. The highest BCUT2D eigenvalue weighted by Gasteiger charge is 2.29. The van der Waals surface area contributed by atoms with Crippen LogP contribution < -0.4 is 15.2 Å². The molecule has 1 fully saturated rings. The quantitative estimate of drug-likeness (QED) is 0.513. The number of oxazole rings is 1. The molecule has 1 saturated heterocycles. The van der Waals surface area contributed by atoms with Crippen molar-refractivity contribution in [3.05, 3.63) is 64.7 Å². The number of ether oxygens (including phenoxy) is 2. The summed E-state index contributed by atoms with van der Waals surface area (Å²) in [6.45, 7) is 1.06. The van der Waals surface area contributed by atoms with E-state index >= 15 is 0 Å². The maximum absolute atomic E-state index is 12.9. The van der Waals surface area contributed by atoms with Gasteiger partial charge in [-0.25, -0.2) is 9.80 Å². The third-order valence-corrected chi connectivity index (χ3v) is 5.54. The average Bonchev–Trinajstić information content (AvgIpc) is 3.45. The van der Waals surface area contributed by atoms with E-state index in [1.807, 2.05) is 0 Å². The molecule has 0 radical (unpaired) electrons. The summed E-state index contributed by atoms with van der Waals surface area (Å²) in [4.78, 5) is 37.9. The first-order valence-corrected chi connectivity index (χ1v) is 10.6. The fraction of sp³-hybridized carbons (Fsp3) is 0.292. The Morgan fingerprint density at radius 2 is 1.85 bits per heavy atom. The van der Waals surface area contributed by atoms with Gasteiger partial charge in [-0.15, -0.1) is 0 Å². The van der Waals surface area contributed by atoms with Gasteiger partial charge in [-0.2, -0.15) is 0 Å². The van der Waals surface area contributed by atoms with Crippen LogP contribution >= 0.6 is 0 Å². The van der Waals surface area contributed by atoms with Crippen LogP contribution in [0, 0.1) is 0 Å². The Hall–Kier alpha value is -4.01. The number of aromatic nitrogens is 1. The van der Waals surface area contributed by atoms with Crippen molar-refractivity contribution in [3.8, 4) is 11.5 Å². The number of hydrogen-bond acceptors (Lipinski definition) is 6. The van der Waals surface area contributed by atoms with E-state index in [0.717, 1.165) is 0 Å². The van der Waals surface area contributed by atoms with Crippen molar-refractivity contribution in [1.82, 2.24) is 14.6 Å². The summed E-state index contributed by atoms with van der Waals surface area (Å²) in [7, 11) is 3.12. The number of rotatable bonds is 7. The Morgan fingerprint density at radius 1 is 1.06 bits per heavy atom. The second kappa shape index (κ2) is 9.64. The summed E-state index contributed by atoms with van der Waals surface area (Å²) in [5.74, 6) is 0.199. The molecule has 1 aromatic heterocycles. The van der Waals surface area contributed by atoms with Crippen LogP contribution in [0.15, 0.2) is 57.8 Å². The Morgan fingerprint density at radius 3 is 2.64 bits per heavy atom. The van der Waals surface area contributed by atoms with E-state index in [9.17, 15) is 14.4 Å². The second-order valence-corrected chi connectivity index (χ2v) is 7.51. The molecule has 0 atom stereocenters. The van der Waals surface area contributed by atoms with Gasteiger partial charge in [-0.1, -0.05) is 12.1 Å². The van der Waals surface area contributed by atoms with Crippen LogP contribution in [0.2, 0.25) is 0 Å². The Balaban J connectivity index is 1.44. The molecule has 2 amide bonds. The molecule has 33 heavy (non-hydrogen) atoms. The Kier molecular flexibility index (Phi) is 6.48. The maximum atomic E-state index is 12.9. The molecule has 0 unspecified atom stereocenters. The SMILES string of the molecule is COc1ccc(OC)c(/C=C/C(=O)N2CCCN2C(=O)CCn2c(=O)oc3ccccc32)c1. The fourth-order valence-corrected chi connectivity index (χ4v) is 3.88. The van der Waals surface area contributed by atoms with Crippen molar-refractivity contribution in [1.29, 1.82) is 0 Å². The van der Waals surface area contributed by atoms with Crippen LogP contribution in [-0.4, -0.2) is 53.7 Å². The maximum Gasteiger partial charge on any atom is 0.419 e. The van der Waals surface area contributed by atoms with Crippen LogP contribution in [0.3, 0.4) is 0 Å². The van der Waals surface area contributed by atoms with E-state index < -0.39 is 5.76 Å². The van der Waals surface area contributed by atoms with Crippen molar-refractivity contribution in [3.63, 3.8) is 0 Å². The van der Waals surface area contributed by atoms with Gasteiger partial charge in [0.25, 0.3) is 5.91 Å². The van der Waals surface area contributed by atoms with E-state index in [1.165, 1.54) is 20.7 Å². The Labute approximate surface area is 190 Å². The lowest BCUT2D eigenvalue weighted by Crippen LogP contribution is -2.44. The van der Waals surface area contributed by atoms with Gasteiger partial charge in [-0.3, -0.25) is 19.2 Å². The minimum absolute atomic E-state index is 0.0701. The van der Waals surface area contributed by atoms with Gasteiger partial charge in [0.1, 0.15) is 11.5 Å². The number of amides is 2. The first-order chi connectivity index (χ1) is 16.0. The number of methoxy groups -OCH3 is 2. The zero-order valence-electron chi connectivity index (χ0n) is 18.5. The van der Waals surface area contributed by atoms with Gasteiger partial charge in [-0.05, 0) is 42.8 Å². The first-order valence-electron chi connectivity index (χ1n) is 10.6. The van der Waals surface area contributed by atoms with Crippen molar-refractivity contribution in [2.75, 3.05) is 27.3 Å². The second-order valence-electron chi connectivity index (χ2n) is 7.51. The highest BCUT2D eigenvalue weighted by molar-refractivity contribution is 5.94. The molecule has 0 spiro atoms. The van der Waals surface area contributed by atoms with Gasteiger partial charge in [0.2, 0.25) is 5.91 Å². The molecule has 9 nitrogen and oxygen atoms in total. The number of carbonyl (C=O) groups is 2. The molecule has 9 heteroatoms. The molecule has 1 aliphatic heterocycles. The number of nitrogens with zero attached hydrogens (tertiary/aromatic N) is 3. The largest absolute Gasteiger partial charge is 0.497 e. The summed E-state index contributed by atoms with van der Waals surface area (Å²) >= 11 is 0. The normalized spacial score (nSPS) is 13.8. The van der Waals surface area contributed by atoms with Crippen molar-refractivity contribution < 1.29 is 23.5 Å². The lowest BCUT2D eigenvalue weighted by molar-refractivity contribution is -0.154. The predicted molar refractivity (Wildman–Crippen MR) is 122 cm³/mol.